The fourth-order valence-electron chi connectivity index (χ4n) is 1.26. The van der Waals surface area contributed by atoms with Crippen molar-refractivity contribution in [2.45, 2.75) is 31.6 Å². The van der Waals surface area contributed by atoms with Crippen LogP contribution >= 0.6 is 11.8 Å². The van der Waals surface area contributed by atoms with E-state index < -0.39 is 0 Å². The van der Waals surface area contributed by atoms with E-state index in [0.29, 0.717) is 5.25 Å². The predicted octanol–water partition coefficient (Wildman–Crippen LogP) is 2.81. The van der Waals surface area contributed by atoms with Crippen LogP contribution in [-0.4, -0.2) is 11.8 Å². The molecule has 0 aromatic carbocycles. The van der Waals surface area contributed by atoms with Crippen LogP contribution in [0.15, 0.2) is 22.8 Å². The lowest BCUT2D eigenvalue weighted by Crippen LogP contribution is -2.25. The van der Waals surface area contributed by atoms with Crippen LogP contribution in [0, 0.1) is 0 Å². The Kier molecular flexibility index (Phi) is 4.39. The third-order valence-corrected chi connectivity index (χ3v) is 3.30. The molecule has 0 amide bonds. The monoisotopic (exact) mass is 199 g/mol. The first-order valence-corrected chi connectivity index (χ1v) is 5.75. The van der Waals surface area contributed by atoms with Crippen molar-refractivity contribution in [2.24, 2.45) is 5.73 Å². The van der Waals surface area contributed by atoms with Crippen LogP contribution in [0.25, 0.3) is 0 Å². The predicted molar refractivity (Wildman–Crippen MR) is 57.8 cm³/mol. The van der Waals surface area contributed by atoms with E-state index in [1.165, 1.54) is 0 Å². The van der Waals surface area contributed by atoms with Gasteiger partial charge in [0.05, 0.1) is 11.5 Å². The topological polar surface area (TPSA) is 39.2 Å². The van der Waals surface area contributed by atoms with Crippen molar-refractivity contribution < 1.29 is 4.42 Å². The lowest BCUT2D eigenvalue weighted by Gasteiger charge is -2.19. The van der Waals surface area contributed by atoms with Crippen LogP contribution in [-0.2, 0) is 0 Å². The molecule has 2 unspecified atom stereocenters. The minimum absolute atomic E-state index is 0.191. The van der Waals surface area contributed by atoms with E-state index in [4.69, 9.17) is 10.2 Å². The molecule has 0 saturated heterocycles. The van der Waals surface area contributed by atoms with Gasteiger partial charge in [0.15, 0.2) is 0 Å². The molecule has 1 heterocycles. The largest absolute Gasteiger partial charge is 0.468 e. The minimum Gasteiger partial charge on any atom is -0.468 e. The highest BCUT2D eigenvalue weighted by atomic mass is 32.2. The highest BCUT2D eigenvalue weighted by Gasteiger charge is 2.20. The fraction of sp³-hybridized carbons (Fsp3) is 0.600. The first-order valence-electron chi connectivity index (χ1n) is 4.70. The van der Waals surface area contributed by atoms with Gasteiger partial charge in [0.25, 0.3) is 0 Å². The van der Waals surface area contributed by atoms with Crippen LogP contribution in [0.2, 0.25) is 0 Å². The second-order valence-corrected chi connectivity index (χ2v) is 4.38. The summed E-state index contributed by atoms with van der Waals surface area (Å²) in [7, 11) is 0. The molecule has 1 aromatic heterocycles. The van der Waals surface area contributed by atoms with Gasteiger partial charge in [0.1, 0.15) is 5.76 Å². The van der Waals surface area contributed by atoms with Crippen molar-refractivity contribution in [1.29, 1.82) is 0 Å². The number of rotatable bonds is 5. The van der Waals surface area contributed by atoms with Crippen molar-refractivity contribution in [1.82, 2.24) is 0 Å². The average molecular weight is 199 g/mol. The number of hydrogen-bond acceptors (Lipinski definition) is 3. The van der Waals surface area contributed by atoms with Crippen molar-refractivity contribution >= 4 is 11.8 Å². The van der Waals surface area contributed by atoms with Gasteiger partial charge in [0, 0.05) is 6.04 Å². The molecule has 0 aliphatic heterocycles. The summed E-state index contributed by atoms with van der Waals surface area (Å²) < 4.78 is 5.37. The summed E-state index contributed by atoms with van der Waals surface area (Å²) in [5.41, 5.74) is 6.01. The van der Waals surface area contributed by atoms with Gasteiger partial charge in [-0.15, -0.1) is 11.8 Å². The molecule has 3 heteroatoms. The molecule has 0 spiro atoms. The number of nitrogens with two attached hydrogens (primary N) is 1. The zero-order valence-corrected chi connectivity index (χ0v) is 9.01. The molecule has 2 atom stereocenters. The van der Waals surface area contributed by atoms with Gasteiger partial charge in [-0.05, 0) is 24.3 Å². The molecule has 2 nitrogen and oxygen atoms in total. The Labute approximate surface area is 83.9 Å². The third kappa shape index (κ3) is 2.78. The molecule has 0 fully saturated rings. The Hall–Kier alpha value is -0.410. The van der Waals surface area contributed by atoms with Crippen molar-refractivity contribution in [2.75, 3.05) is 5.75 Å². The first kappa shape index (κ1) is 10.7. The standard InChI is InChI=1S/C10H17NOS/c1-3-8(11)10(13-4-2)9-6-5-7-12-9/h5-8,10H,3-4,11H2,1-2H3. The summed E-state index contributed by atoms with van der Waals surface area (Å²) in [5, 5.41) is 0.310. The molecule has 74 valence electrons. The van der Waals surface area contributed by atoms with Gasteiger partial charge < -0.3 is 10.2 Å². The van der Waals surface area contributed by atoms with E-state index in [2.05, 4.69) is 13.8 Å². The quantitative estimate of drug-likeness (QED) is 0.792. The molecule has 0 bridgehead atoms. The highest BCUT2D eigenvalue weighted by molar-refractivity contribution is 7.99. The Bertz CT molecular complexity index is 223. The van der Waals surface area contributed by atoms with Crippen LogP contribution in [0.1, 0.15) is 31.3 Å². The Morgan fingerprint density at radius 2 is 2.31 bits per heavy atom. The molecule has 13 heavy (non-hydrogen) atoms. The maximum absolute atomic E-state index is 6.01. The van der Waals surface area contributed by atoms with Crippen LogP contribution in [0.3, 0.4) is 0 Å². The number of furan rings is 1. The molecule has 2 N–H and O–H groups in total. The van der Waals surface area contributed by atoms with E-state index in [0.717, 1.165) is 17.9 Å². The Morgan fingerprint density at radius 3 is 2.77 bits per heavy atom. The van der Waals surface area contributed by atoms with Gasteiger partial charge >= 0.3 is 0 Å². The number of hydrogen-bond donors (Lipinski definition) is 1. The Balaban J connectivity index is 2.68. The molecule has 0 aliphatic rings. The fourth-order valence-corrected chi connectivity index (χ4v) is 2.36. The normalized spacial score (nSPS) is 15.6. The lowest BCUT2D eigenvalue weighted by molar-refractivity contribution is 0.474. The van der Waals surface area contributed by atoms with Gasteiger partial charge in [0.2, 0.25) is 0 Å². The van der Waals surface area contributed by atoms with Gasteiger partial charge in [-0.1, -0.05) is 13.8 Å². The zero-order chi connectivity index (χ0) is 9.68. The average Bonchev–Trinajstić information content (AvgIpc) is 2.65. The van der Waals surface area contributed by atoms with E-state index in [1.54, 1.807) is 6.26 Å². The van der Waals surface area contributed by atoms with Crippen LogP contribution < -0.4 is 5.73 Å². The maximum Gasteiger partial charge on any atom is 0.118 e. The zero-order valence-electron chi connectivity index (χ0n) is 8.19. The summed E-state index contributed by atoms with van der Waals surface area (Å²) >= 11 is 1.85. The summed E-state index contributed by atoms with van der Waals surface area (Å²) in [6.45, 7) is 4.25. The highest BCUT2D eigenvalue weighted by Crippen LogP contribution is 2.32. The molecular weight excluding hydrogens is 182 g/mol. The molecular formula is C10H17NOS. The van der Waals surface area contributed by atoms with Crippen molar-refractivity contribution in [3.63, 3.8) is 0 Å². The van der Waals surface area contributed by atoms with E-state index in [1.807, 2.05) is 23.9 Å². The van der Waals surface area contributed by atoms with Gasteiger partial charge in [-0.3, -0.25) is 0 Å². The molecule has 1 rings (SSSR count). The number of thioether (sulfide) groups is 1. The summed E-state index contributed by atoms with van der Waals surface area (Å²) in [6.07, 6.45) is 2.69. The lowest BCUT2D eigenvalue weighted by atomic mass is 10.1. The van der Waals surface area contributed by atoms with E-state index in [9.17, 15) is 0 Å². The smallest absolute Gasteiger partial charge is 0.118 e. The molecule has 1 aromatic rings. The third-order valence-electron chi connectivity index (χ3n) is 2.03. The van der Waals surface area contributed by atoms with Crippen molar-refractivity contribution in [3.05, 3.63) is 24.2 Å². The second-order valence-electron chi connectivity index (χ2n) is 2.96. The summed E-state index contributed by atoms with van der Waals surface area (Å²) in [4.78, 5) is 0. The minimum atomic E-state index is 0.191. The molecule has 0 radical (unpaired) electrons. The molecule has 0 saturated carbocycles. The van der Waals surface area contributed by atoms with Gasteiger partial charge in [-0.25, -0.2) is 0 Å². The van der Waals surface area contributed by atoms with Crippen LogP contribution in [0.4, 0.5) is 0 Å². The summed E-state index contributed by atoms with van der Waals surface area (Å²) in [6, 6.07) is 4.11. The summed E-state index contributed by atoms with van der Waals surface area (Å²) in [5.74, 6) is 2.07. The van der Waals surface area contributed by atoms with Crippen LogP contribution in [0.5, 0.6) is 0 Å². The van der Waals surface area contributed by atoms with Crippen molar-refractivity contribution in [3.8, 4) is 0 Å². The Morgan fingerprint density at radius 1 is 1.54 bits per heavy atom. The van der Waals surface area contributed by atoms with Gasteiger partial charge in [-0.2, -0.15) is 0 Å². The first-order chi connectivity index (χ1) is 6.29. The van der Waals surface area contributed by atoms with E-state index in [-0.39, 0.29) is 6.04 Å². The second kappa shape index (κ2) is 5.35. The molecule has 0 aliphatic carbocycles. The van der Waals surface area contributed by atoms with E-state index >= 15 is 0 Å². The SMILES string of the molecule is CCSC(c1ccco1)C(N)CC. The maximum atomic E-state index is 6.01.